The molecule has 0 saturated heterocycles. The average molecular weight is 611 g/mol. The summed E-state index contributed by atoms with van der Waals surface area (Å²) >= 11 is 0. The molecule has 45 heavy (non-hydrogen) atoms. The molecule has 250 valence electrons. The number of allylic oxidation sites excluding steroid dienone is 1. The highest BCUT2D eigenvalue weighted by Crippen LogP contribution is 2.55. The van der Waals surface area contributed by atoms with E-state index in [-0.39, 0.29) is 5.41 Å². The van der Waals surface area contributed by atoms with Crippen molar-refractivity contribution in [3.63, 3.8) is 0 Å². The van der Waals surface area contributed by atoms with Gasteiger partial charge in [0, 0.05) is 5.41 Å². The molecular formula is C45H70. The summed E-state index contributed by atoms with van der Waals surface area (Å²) < 4.78 is 0. The highest BCUT2D eigenvalue weighted by Gasteiger charge is 2.42. The van der Waals surface area contributed by atoms with Crippen LogP contribution in [0.25, 0.3) is 17.2 Å². The van der Waals surface area contributed by atoms with Gasteiger partial charge in [-0.05, 0) is 71.7 Å². The summed E-state index contributed by atoms with van der Waals surface area (Å²) in [5.41, 5.74) is 11.2. The third-order valence-electron chi connectivity index (χ3n) is 11.3. The first-order chi connectivity index (χ1) is 22.2. The molecule has 0 fully saturated rings. The Morgan fingerprint density at radius 2 is 0.933 bits per heavy atom. The minimum atomic E-state index is 0.211. The van der Waals surface area contributed by atoms with E-state index in [1.807, 2.05) is 0 Å². The summed E-state index contributed by atoms with van der Waals surface area (Å²) in [7, 11) is 0. The largest absolute Gasteiger partial charge is 0.0683 e. The van der Waals surface area contributed by atoms with Gasteiger partial charge in [-0.3, -0.25) is 0 Å². The quantitative estimate of drug-likeness (QED) is 0.0929. The summed E-state index contributed by atoms with van der Waals surface area (Å²) in [5.74, 6) is 0. The number of hydrogen-bond acceptors (Lipinski definition) is 0. The van der Waals surface area contributed by atoms with Crippen molar-refractivity contribution in [1.82, 2.24) is 0 Å². The van der Waals surface area contributed by atoms with Gasteiger partial charge in [0.15, 0.2) is 0 Å². The van der Waals surface area contributed by atoms with Crippen LogP contribution in [0.4, 0.5) is 0 Å². The summed E-state index contributed by atoms with van der Waals surface area (Å²) in [4.78, 5) is 0. The smallest absolute Gasteiger partial charge is 0.0215 e. The molecule has 0 aromatic heterocycles. The highest BCUT2D eigenvalue weighted by atomic mass is 14.5. The second kappa shape index (κ2) is 20.4. The Balaban J connectivity index is 1.30. The van der Waals surface area contributed by atoms with Gasteiger partial charge < -0.3 is 0 Å². The lowest BCUT2D eigenvalue weighted by atomic mass is 9.70. The monoisotopic (exact) mass is 611 g/mol. The van der Waals surface area contributed by atoms with E-state index in [4.69, 9.17) is 0 Å². The Hall–Kier alpha value is -1.82. The van der Waals surface area contributed by atoms with Gasteiger partial charge in [0.2, 0.25) is 0 Å². The zero-order valence-electron chi connectivity index (χ0n) is 30.1. The van der Waals surface area contributed by atoms with Crippen LogP contribution in [0.3, 0.4) is 0 Å². The molecule has 0 amide bonds. The van der Waals surface area contributed by atoms with E-state index in [1.165, 1.54) is 184 Å². The van der Waals surface area contributed by atoms with E-state index < -0.39 is 0 Å². The Kier molecular flexibility index (Phi) is 16.3. The van der Waals surface area contributed by atoms with E-state index in [0.29, 0.717) is 0 Å². The standard InChI is InChI=1S/C45H70/c1-4-6-8-10-12-14-16-18-20-22-24-28-32-45(33-29-25-23-21-19-17-15-13-11-9-7-5-2)43-31-27-26-30-41(43)42-36-39-34-38(3)35-40(39)37-44(42)45/h26-27,30-31,35-37H,4-25,28-29,32-34H2,1-3H3. The number of benzene rings is 2. The highest BCUT2D eigenvalue weighted by molar-refractivity contribution is 5.84. The lowest BCUT2D eigenvalue weighted by Gasteiger charge is -2.33. The first-order valence-electron chi connectivity index (χ1n) is 20.1. The fourth-order valence-electron chi connectivity index (χ4n) is 8.66. The molecule has 0 saturated carbocycles. The van der Waals surface area contributed by atoms with Crippen LogP contribution in [0, 0.1) is 0 Å². The number of hydrogen-bond donors (Lipinski definition) is 0. The number of unbranched alkanes of at least 4 members (excludes halogenated alkanes) is 22. The second-order valence-electron chi connectivity index (χ2n) is 15.2. The fraction of sp³-hybridized carbons (Fsp3) is 0.689. The molecule has 0 aliphatic heterocycles. The van der Waals surface area contributed by atoms with Gasteiger partial charge in [0.05, 0.1) is 0 Å². The Bertz CT molecular complexity index is 1100. The molecule has 0 radical (unpaired) electrons. The predicted molar refractivity (Wildman–Crippen MR) is 201 cm³/mol. The van der Waals surface area contributed by atoms with Crippen molar-refractivity contribution < 1.29 is 0 Å². The summed E-state index contributed by atoms with van der Waals surface area (Å²) in [6, 6.07) is 14.8. The van der Waals surface area contributed by atoms with Crippen molar-refractivity contribution in [2.24, 2.45) is 0 Å². The lowest BCUT2D eigenvalue weighted by Crippen LogP contribution is -2.25. The zero-order chi connectivity index (χ0) is 31.6. The summed E-state index contributed by atoms with van der Waals surface area (Å²) in [6.07, 6.45) is 40.5. The van der Waals surface area contributed by atoms with Crippen molar-refractivity contribution >= 4 is 6.08 Å². The van der Waals surface area contributed by atoms with Crippen LogP contribution in [0.1, 0.15) is 210 Å². The van der Waals surface area contributed by atoms with E-state index in [1.54, 1.807) is 22.3 Å². The Morgan fingerprint density at radius 1 is 0.489 bits per heavy atom. The molecule has 0 heteroatoms. The summed E-state index contributed by atoms with van der Waals surface area (Å²) in [6.45, 7) is 6.94. The number of fused-ring (bicyclic) bond motifs is 4. The molecule has 4 rings (SSSR count). The van der Waals surface area contributed by atoms with Gasteiger partial charge in [-0.1, -0.05) is 204 Å². The third-order valence-corrected chi connectivity index (χ3v) is 11.3. The summed E-state index contributed by atoms with van der Waals surface area (Å²) in [5, 5.41) is 0. The molecule has 2 aliphatic carbocycles. The molecule has 0 nitrogen and oxygen atoms in total. The normalized spacial score (nSPS) is 14.4. The maximum atomic E-state index is 2.64. The van der Waals surface area contributed by atoms with Gasteiger partial charge in [-0.25, -0.2) is 0 Å². The minimum Gasteiger partial charge on any atom is -0.0683 e. The maximum Gasteiger partial charge on any atom is 0.0215 e. The van der Waals surface area contributed by atoms with Gasteiger partial charge in [0.25, 0.3) is 0 Å². The average Bonchev–Trinajstić information content (AvgIpc) is 3.55. The second-order valence-corrected chi connectivity index (χ2v) is 15.2. The molecule has 0 atom stereocenters. The molecular weight excluding hydrogens is 540 g/mol. The molecule has 2 aromatic rings. The molecule has 0 unspecified atom stereocenters. The van der Waals surface area contributed by atoms with E-state index >= 15 is 0 Å². The van der Waals surface area contributed by atoms with Crippen LogP contribution >= 0.6 is 0 Å². The predicted octanol–water partition coefficient (Wildman–Crippen LogP) is 15.1. The van der Waals surface area contributed by atoms with Crippen LogP contribution in [0.2, 0.25) is 0 Å². The lowest BCUT2D eigenvalue weighted by molar-refractivity contribution is 0.396. The number of rotatable bonds is 26. The van der Waals surface area contributed by atoms with Gasteiger partial charge >= 0.3 is 0 Å². The van der Waals surface area contributed by atoms with Crippen molar-refractivity contribution in [1.29, 1.82) is 0 Å². The zero-order valence-corrected chi connectivity index (χ0v) is 30.1. The van der Waals surface area contributed by atoms with Crippen LogP contribution in [-0.2, 0) is 11.8 Å². The molecule has 0 heterocycles. The van der Waals surface area contributed by atoms with E-state index in [9.17, 15) is 0 Å². The van der Waals surface area contributed by atoms with Crippen molar-refractivity contribution in [3.05, 3.63) is 64.2 Å². The molecule has 0 spiro atoms. The topological polar surface area (TPSA) is 0 Å². The molecule has 0 N–H and O–H groups in total. The van der Waals surface area contributed by atoms with Gasteiger partial charge in [0.1, 0.15) is 0 Å². The maximum absolute atomic E-state index is 2.64. The van der Waals surface area contributed by atoms with Gasteiger partial charge in [-0.15, -0.1) is 0 Å². The Morgan fingerprint density at radius 3 is 1.42 bits per heavy atom. The van der Waals surface area contributed by atoms with Crippen molar-refractivity contribution in [2.75, 3.05) is 0 Å². The minimum absolute atomic E-state index is 0.211. The van der Waals surface area contributed by atoms with Crippen molar-refractivity contribution in [2.45, 2.75) is 200 Å². The van der Waals surface area contributed by atoms with Crippen molar-refractivity contribution in [3.8, 4) is 11.1 Å². The van der Waals surface area contributed by atoms with E-state index in [2.05, 4.69) is 63.2 Å². The first kappa shape index (κ1) is 36.0. The van der Waals surface area contributed by atoms with Gasteiger partial charge in [-0.2, -0.15) is 0 Å². The molecule has 2 aliphatic rings. The molecule has 0 bridgehead atoms. The third kappa shape index (κ3) is 10.9. The Labute approximate surface area is 280 Å². The van der Waals surface area contributed by atoms with Crippen LogP contribution in [-0.4, -0.2) is 0 Å². The van der Waals surface area contributed by atoms with Crippen LogP contribution < -0.4 is 0 Å². The van der Waals surface area contributed by atoms with Crippen LogP contribution in [0.5, 0.6) is 0 Å². The fourth-order valence-corrected chi connectivity index (χ4v) is 8.66. The molecule has 2 aromatic carbocycles. The first-order valence-corrected chi connectivity index (χ1v) is 20.1. The van der Waals surface area contributed by atoms with Crippen LogP contribution in [0.15, 0.2) is 42.0 Å². The van der Waals surface area contributed by atoms with E-state index in [0.717, 1.165) is 6.42 Å². The SMILES string of the molecule is CCCCCCCCCCCCCCC1(CCCCCCCCCCCCCC)c2ccccc2-c2cc3c(cc21)C=C(C)C3.